The Hall–Kier alpha value is -2.38. The first kappa shape index (κ1) is 19.9. The highest BCUT2D eigenvalue weighted by Gasteiger charge is 2.29. The molecule has 0 N–H and O–H groups in total. The van der Waals surface area contributed by atoms with Gasteiger partial charge in [0.1, 0.15) is 11.9 Å². The van der Waals surface area contributed by atoms with Gasteiger partial charge in [0.05, 0.1) is 6.26 Å². The van der Waals surface area contributed by atoms with Gasteiger partial charge in [-0.05, 0) is 62.0 Å². The number of hydrogen-bond donors (Lipinski definition) is 0. The minimum absolute atomic E-state index is 0.180. The van der Waals surface area contributed by atoms with Crippen LogP contribution < -0.4 is 4.74 Å². The van der Waals surface area contributed by atoms with Crippen LogP contribution in [0.5, 0.6) is 5.88 Å². The lowest BCUT2D eigenvalue weighted by atomic mass is 9.86. The van der Waals surface area contributed by atoms with E-state index in [1.807, 2.05) is 18.2 Å². The fraction of sp³-hybridized carbons (Fsp3) is 0.409. The molecule has 7 heteroatoms. The first-order valence-corrected chi connectivity index (χ1v) is 11.7. The second kappa shape index (κ2) is 8.97. The molecule has 1 fully saturated rings. The van der Waals surface area contributed by atoms with Crippen LogP contribution in [-0.2, 0) is 16.9 Å². The number of nitrogens with zero attached hydrogens (tertiary/aromatic N) is 4. The van der Waals surface area contributed by atoms with Crippen molar-refractivity contribution in [2.75, 3.05) is 6.26 Å². The van der Waals surface area contributed by atoms with Gasteiger partial charge in [-0.15, -0.1) is 10.2 Å². The number of aromatic nitrogens is 4. The molecule has 4 rings (SSSR count). The van der Waals surface area contributed by atoms with E-state index in [9.17, 15) is 4.55 Å². The topological polar surface area (TPSA) is 75.9 Å². The van der Waals surface area contributed by atoms with Crippen molar-refractivity contribution in [1.29, 1.82) is 0 Å². The van der Waals surface area contributed by atoms with Crippen LogP contribution in [0.1, 0.15) is 48.8 Å². The Morgan fingerprint density at radius 1 is 1.07 bits per heavy atom. The van der Waals surface area contributed by atoms with Crippen LogP contribution >= 0.6 is 0 Å². The standard InChI is InChI=1S/C22H26N4O2S/c1-16-6-10-18(11-7-16)26-20(15-29(2)27)24-25-22(26)17-8-12-19(13-9-17)28-21-5-3-4-14-23-21/h3-7,10-11,14,17,19H,8-9,12-13,15H2,1-2H3/t17-,19-,29?. The molecule has 2 heterocycles. The van der Waals surface area contributed by atoms with Crippen LogP contribution in [0.25, 0.3) is 5.69 Å². The van der Waals surface area contributed by atoms with Crippen LogP contribution in [0, 0.1) is 6.92 Å². The summed E-state index contributed by atoms with van der Waals surface area (Å²) in [6.07, 6.45) is 7.51. The van der Waals surface area contributed by atoms with Crippen molar-refractivity contribution in [3.8, 4) is 11.6 Å². The SMILES string of the molecule is Cc1ccc(-n2c(C[S+](C)[O-])nnc2[C@H]2CC[C@H](Oc3ccccn3)CC2)cc1. The molecule has 1 aliphatic rings. The van der Waals surface area contributed by atoms with Gasteiger partial charge < -0.3 is 9.29 Å². The van der Waals surface area contributed by atoms with E-state index < -0.39 is 11.2 Å². The summed E-state index contributed by atoms with van der Waals surface area (Å²) < 4.78 is 20.0. The van der Waals surface area contributed by atoms with E-state index in [-0.39, 0.29) is 6.10 Å². The fourth-order valence-corrected chi connectivity index (χ4v) is 4.42. The van der Waals surface area contributed by atoms with E-state index in [0.29, 0.717) is 17.6 Å². The van der Waals surface area contributed by atoms with E-state index >= 15 is 0 Å². The average molecular weight is 411 g/mol. The predicted octanol–water partition coefficient (Wildman–Crippen LogP) is 3.95. The highest BCUT2D eigenvalue weighted by molar-refractivity contribution is 7.89. The van der Waals surface area contributed by atoms with Crippen molar-refractivity contribution in [2.24, 2.45) is 0 Å². The largest absolute Gasteiger partial charge is 0.616 e. The molecule has 0 radical (unpaired) electrons. The maximum absolute atomic E-state index is 11.9. The van der Waals surface area contributed by atoms with Gasteiger partial charge in [-0.2, -0.15) is 0 Å². The minimum atomic E-state index is -0.975. The smallest absolute Gasteiger partial charge is 0.213 e. The summed E-state index contributed by atoms with van der Waals surface area (Å²) in [5.41, 5.74) is 2.24. The summed E-state index contributed by atoms with van der Waals surface area (Å²) in [6.45, 7) is 2.07. The Morgan fingerprint density at radius 2 is 1.83 bits per heavy atom. The number of aryl methyl sites for hydroxylation is 1. The molecule has 1 atom stereocenters. The molecule has 3 aromatic rings. The normalized spacial score (nSPS) is 20.4. The van der Waals surface area contributed by atoms with Gasteiger partial charge in [0, 0.05) is 23.9 Å². The van der Waals surface area contributed by atoms with Gasteiger partial charge in [0.2, 0.25) is 5.88 Å². The molecule has 2 aromatic heterocycles. The van der Waals surface area contributed by atoms with E-state index in [1.54, 1.807) is 12.5 Å². The summed E-state index contributed by atoms with van der Waals surface area (Å²) in [5.74, 6) is 3.12. The molecule has 1 aromatic carbocycles. The van der Waals surface area contributed by atoms with E-state index in [1.165, 1.54) is 5.56 Å². The molecule has 1 unspecified atom stereocenters. The molecule has 0 saturated heterocycles. The second-order valence-electron chi connectivity index (χ2n) is 7.62. The average Bonchev–Trinajstić information content (AvgIpc) is 3.13. The minimum Gasteiger partial charge on any atom is -0.616 e. The number of ether oxygens (including phenoxy) is 1. The number of pyridine rings is 1. The van der Waals surface area contributed by atoms with Crippen LogP contribution in [0.3, 0.4) is 0 Å². The van der Waals surface area contributed by atoms with Crippen LogP contribution in [0.4, 0.5) is 0 Å². The van der Waals surface area contributed by atoms with Gasteiger partial charge in [0.15, 0.2) is 11.6 Å². The quantitative estimate of drug-likeness (QED) is 0.575. The Balaban J connectivity index is 1.52. The number of rotatable bonds is 6. The number of hydrogen-bond acceptors (Lipinski definition) is 5. The second-order valence-corrected chi connectivity index (χ2v) is 9.06. The third-order valence-electron chi connectivity index (χ3n) is 5.34. The van der Waals surface area contributed by atoms with E-state index in [4.69, 9.17) is 4.74 Å². The van der Waals surface area contributed by atoms with Crippen molar-refractivity contribution in [2.45, 2.75) is 50.4 Å². The summed E-state index contributed by atoms with van der Waals surface area (Å²) in [4.78, 5) is 4.26. The lowest BCUT2D eigenvalue weighted by Gasteiger charge is -2.28. The summed E-state index contributed by atoms with van der Waals surface area (Å²) in [7, 11) is 0. The molecule has 0 aliphatic heterocycles. The summed E-state index contributed by atoms with van der Waals surface area (Å²) in [6, 6.07) is 14.1. The molecule has 6 nitrogen and oxygen atoms in total. The van der Waals surface area contributed by atoms with Crippen molar-refractivity contribution in [1.82, 2.24) is 19.7 Å². The summed E-state index contributed by atoms with van der Waals surface area (Å²) >= 11 is -0.975. The highest BCUT2D eigenvalue weighted by atomic mass is 32.2. The molecule has 29 heavy (non-hydrogen) atoms. The third-order valence-corrected chi connectivity index (χ3v) is 6.01. The van der Waals surface area contributed by atoms with Crippen LogP contribution in [0.2, 0.25) is 0 Å². The predicted molar refractivity (Wildman–Crippen MR) is 114 cm³/mol. The van der Waals surface area contributed by atoms with Crippen LogP contribution in [0.15, 0.2) is 48.7 Å². The zero-order valence-corrected chi connectivity index (χ0v) is 17.6. The van der Waals surface area contributed by atoms with Gasteiger partial charge in [-0.25, -0.2) is 4.98 Å². The first-order chi connectivity index (χ1) is 14.1. The molecule has 0 bridgehead atoms. The van der Waals surface area contributed by atoms with E-state index in [0.717, 1.165) is 43.0 Å². The third kappa shape index (κ3) is 4.79. The van der Waals surface area contributed by atoms with Crippen molar-refractivity contribution >= 4 is 11.2 Å². The highest BCUT2D eigenvalue weighted by Crippen LogP contribution is 2.35. The van der Waals surface area contributed by atoms with Gasteiger partial charge in [-0.3, -0.25) is 4.57 Å². The molecule has 0 amide bonds. The fourth-order valence-electron chi connectivity index (χ4n) is 3.87. The zero-order chi connectivity index (χ0) is 20.2. The Labute approximate surface area is 174 Å². The molecular weight excluding hydrogens is 384 g/mol. The van der Waals surface area contributed by atoms with Crippen molar-refractivity contribution in [3.05, 3.63) is 65.9 Å². The zero-order valence-electron chi connectivity index (χ0n) is 16.8. The molecular formula is C22H26N4O2S. The van der Waals surface area contributed by atoms with Crippen molar-refractivity contribution < 1.29 is 9.29 Å². The Morgan fingerprint density at radius 3 is 2.48 bits per heavy atom. The van der Waals surface area contributed by atoms with E-state index in [2.05, 4.69) is 50.9 Å². The summed E-state index contributed by atoms with van der Waals surface area (Å²) in [5, 5.41) is 8.92. The van der Waals surface area contributed by atoms with Gasteiger partial charge in [0.25, 0.3) is 0 Å². The van der Waals surface area contributed by atoms with Crippen molar-refractivity contribution in [3.63, 3.8) is 0 Å². The Bertz CT molecular complexity index is 920. The monoisotopic (exact) mass is 410 g/mol. The lowest BCUT2D eigenvalue weighted by Crippen LogP contribution is -2.25. The van der Waals surface area contributed by atoms with Gasteiger partial charge in [-0.1, -0.05) is 23.8 Å². The maximum atomic E-state index is 11.9. The molecule has 1 saturated carbocycles. The Kier molecular flexibility index (Phi) is 6.16. The molecule has 152 valence electrons. The maximum Gasteiger partial charge on any atom is 0.213 e. The molecule has 1 aliphatic carbocycles. The first-order valence-electron chi connectivity index (χ1n) is 9.99. The van der Waals surface area contributed by atoms with Gasteiger partial charge >= 0.3 is 0 Å². The molecule has 0 spiro atoms. The lowest BCUT2D eigenvalue weighted by molar-refractivity contribution is 0.139. The van der Waals surface area contributed by atoms with Crippen LogP contribution in [-0.4, -0.2) is 36.7 Å². The number of benzene rings is 1.